The van der Waals surface area contributed by atoms with Crippen LogP contribution < -0.4 is 11.1 Å². The normalized spacial score (nSPS) is 20.7. The zero-order valence-electron chi connectivity index (χ0n) is 8.50. The van der Waals surface area contributed by atoms with Gasteiger partial charge in [-0.15, -0.1) is 11.8 Å². The van der Waals surface area contributed by atoms with E-state index in [-0.39, 0.29) is 0 Å². The predicted octanol–water partition coefficient (Wildman–Crippen LogP) is 2.77. The van der Waals surface area contributed by atoms with Crippen molar-refractivity contribution >= 4 is 29.1 Å². The third-order valence-corrected chi connectivity index (χ3v) is 4.06. The Labute approximate surface area is 99.6 Å². The molecule has 3 N–H and O–H groups in total. The molecule has 1 heterocycles. The highest BCUT2D eigenvalue weighted by molar-refractivity contribution is 7.99. The average Bonchev–Trinajstić information content (AvgIpc) is 2.69. The van der Waals surface area contributed by atoms with Gasteiger partial charge in [-0.05, 0) is 37.6 Å². The van der Waals surface area contributed by atoms with Crippen molar-refractivity contribution in [2.75, 3.05) is 18.0 Å². The first-order chi connectivity index (χ1) is 7.25. The fourth-order valence-electron chi connectivity index (χ4n) is 1.74. The van der Waals surface area contributed by atoms with Crippen LogP contribution in [0.4, 0.5) is 5.69 Å². The first-order valence-corrected chi connectivity index (χ1v) is 6.53. The van der Waals surface area contributed by atoms with Crippen LogP contribution in [-0.4, -0.2) is 18.3 Å². The fraction of sp³-hybridized carbons (Fsp3) is 0.455. The van der Waals surface area contributed by atoms with Gasteiger partial charge >= 0.3 is 0 Å². The number of thioether (sulfide) groups is 1. The molecule has 1 aliphatic rings. The summed E-state index contributed by atoms with van der Waals surface area (Å²) in [6, 6.07) is 6.34. The van der Waals surface area contributed by atoms with E-state index in [4.69, 9.17) is 17.3 Å². The molecular formula is C11H15ClN2S. The third-order valence-electron chi connectivity index (χ3n) is 2.57. The van der Waals surface area contributed by atoms with E-state index >= 15 is 0 Å². The van der Waals surface area contributed by atoms with E-state index in [1.165, 1.54) is 12.8 Å². The SMILES string of the molecule is Nc1cc(Cl)ccc1SC[C@H]1CCCN1. The molecular weight excluding hydrogens is 228 g/mol. The van der Waals surface area contributed by atoms with Gasteiger partial charge in [-0.25, -0.2) is 0 Å². The molecule has 82 valence electrons. The van der Waals surface area contributed by atoms with Crippen molar-refractivity contribution in [2.45, 2.75) is 23.8 Å². The van der Waals surface area contributed by atoms with Gasteiger partial charge in [0.05, 0.1) is 0 Å². The Balaban J connectivity index is 1.92. The molecule has 0 spiro atoms. The summed E-state index contributed by atoms with van der Waals surface area (Å²) in [6.07, 6.45) is 2.57. The lowest BCUT2D eigenvalue weighted by Gasteiger charge is -2.10. The molecule has 1 aromatic carbocycles. The number of nitrogens with one attached hydrogen (secondary N) is 1. The minimum Gasteiger partial charge on any atom is -0.398 e. The second-order valence-corrected chi connectivity index (χ2v) is 5.28. The molecule has 0 amide bonds. The highest BCUT2D eigenvalue weighted by Gasteiger charge is 2.14. The van der Waals surface area contributed by atoms with Crippen molar-refractivity contribution < 1.29 is 0 Å². The summed E-state index contributed by atoms with van der Waals surface area (Å²) in [7, 11) is 0. The number of nitrogen functional groups attached to an aromatic ring is 1. The molecule has 1 saturated heterocycles. The van der Waals surface area contributed by atoms with Crippen molar-refractivity contribution in [3.05, 3.63) is 23.2 Å². The molecule has 0 radical (unpaired) electrons. The Morgan fingerprint density at radius 3 is 3.07 bits per heavy atom. The monoisotopic (exact) mass is 242 g/mol. The smallest absolute Gasteiger partial charge is 0.0467 e. The highest BCUT2D eigenvalue weighted by atomic mass is 35.5. The molecule has 4 heteroatoms. The van der Waals surface area contributed by atoms with Gasteiger partial charge in [0, 0.05) is 27.4 Å². The summed E-state index contributed by atoms with van der Waals surface area (Å²) in [6.45, 7) is 1.15. The molecule has 1 fully saturated rings. The Hall–Kier alpha value is -0.380. The van der Waals surface area contributed by atoms with Crippen LogP contribution in [0.2, 0.25) is 5.02 Å². The molecule has 1 atom stereocenters. The zero-order chi connectivity index (χ0) is 10.7. The van der Waals surface area contributed by atoms with Crippen molar-refractivity contribution in [1.82, 2.24) is 5.32 Å². The molecule has 0 saturated carbocycles. The predicted molar refractivity (Wildman–Crippen MR) is 67.6 cm³/mol. The Morgan fingerprint density at radius 2 is 2.40 bits per heavy atom. The van der Waals surface area contributed by atoms with Crippen LogP contribution in [0.3, 0.4) is 0 Å². The number of rotatable bonds is 3. The standard InChI is InChI=1S/C11H15ClN2S/c12-8-3-4-11(10(13)6-8)15-7-9-2-1-5-14-9/h3-4,6,9,14H,1-2,5,7,13H2/t9-/m1/s1. The van der Waals surface area contributed by atoms with Gasteiger partial charge in [-0.3, -0.25) is 0 Å². The van der Waals surface area contributed by atoms with Crippen LogP contribution in [-0.2, 0) is 0 Å². The zero-order valence-corrected chi connectivity index (χ0v) is 10.1. The molecule has 2 nitrogen and oxygen atoms in total. The topological polar surface area (TPSA) is 38.0 Å². The van der Waals surface area contributed by atoms with Crippen LogP contribution in [0.1, 0.15) is 12.8 Å². The summed E-state index contributed by atoms with van der Waals surface area (Å²) >= 11 is 7.65. The third kappa shape index (κ3) is 3.03. The minimum absolute atomic E-state index is 0.644. The van der Waals surface area contributed by atoms with Gasteiger partial charge in [0.15, 0.2) is 0 Å². The maximum Gasteiger partial charge on any atom is 0.0467 e. The minimum atomic E-state index is 0.644. The summed E-state index contributed by atoms with van der Waals surface area (Å²) in [5.41, 5.74) is 6.66. The largest absolute Gasteiger partial charge is 0.398 e. The summed E-state index contributed by atoms with van der Waals surface area (Å²) < 4.78 is 0. The summed E-state index contributed by atoms with van der Waals surface area (Å²) in [4.78, 5) is 1.13. The number of halogens is 1. The molecule has 0 bridgehead atoms. The molecule has 0 aromatic heterocycles. The summed E-state index contributed by atoms with van der Waals surface area (Å²) in [5, 5.41) is 4.17. The maximum absolute atomic E-state index is 5.88. The lowest BCUT2D eigenvalue weighted by molar-refractivity contribution is 0.674. The summed E-state index contributed by atoms with van der Waals surface area (Å²) in [5.74, 6) is 1.09. The Morgan fingerprint density at radius 1 is 1.53 bits per heavy atom. The van der Waals surface area contributed by atoms with E-state index in [1.807, 2.05) is 18.2 Å². The quantitative estimate of drug-likeness (QED) is 0.632. The number of anilines is 1. The van der Waals surface area contributed by atoms with Crippen molar-refractivity contribution in [2.24, 2.45) is 0 Å². The molecule has 1 aromatic rings. The number of nitrogens with two attached hydrogens (primary N) is 1. The highest BCUT2D eigenvalue weighted by Crippen LogP contribution is 2.28. The molecule has 15 heavy (non-hydrogen) atoms. The maximum atomic E-state index is 5.88. The van der Waals surface area contributed by atoms with Crippen LogP contribution in [0, 0.1) is 0 Å². The van der Waals surface area contributed by atoms with Gasteiger partial charge in [0.2, 0.25) is 0 Å². The molecule has 0 aliphatic carbocycles. The first kappa shape index (κ1) is 11.1. The van der Waals surface area contributed by atoms with Crippen LogP contribution >= 0.6 is 23.4 Å². The van der Waals surface area contributed by atoms with E-state index in [2.05, 4.69) is 5.32 Å². The van der Waals surface area contributed by atoms with Crippen molar-refractivity contribution in [3.63, 3.8) is 0 Å². The van der Waals surface area contributed by atoms with E-state index < -0.39 is 0 Å². The van der Waals surface area contributed by atoms with E-state index in [0.29, 0.717) is 11.1 Å². The average molecular weight is 243 g/mol. The fourth-order valence-corrected chi connectivity index (χ4v) is 2.98. The number of hydrogen-bond donors (Lipinski definition) is 2. The Kier molecular flexibility index (Phi) is 3.78. The second kappa shape index (κ2) is 5.10. The van der Waals surface area contributed by atoms with Crippen molar-refractivity contribution in [3.8, 4) is 0 Å². The second-order valence-electron chi connectivity index (χ2n) is 3.79. The van der Waals surface area contributed by atoms with Crippen LogP contribution in [0.25, 0.3) is 0 Å². The number of hydrogen-bond acceptors (Lipinski definition) is 3. The lowest BCUT2D eigenvalue weighted by atomic mass is 10.3. The molecule has 1 aliphatic heterocycles. The first-order valence-electron chi connectivity index (χ1n) is 5.17. The van der Waals surface area contributed by atoms with Gasteiger partial charge < -0.3 is 11.1 Å². The van der Waals surface area contributed by atoms with Crippen LogP contribution in [0.5, 0.6) is 0 Å². The van der Waals surface area contributed by atoms with E-state index in [0.717, 1.165) is 22.9 Å². The van der Waals surface area contributed by atoms with Gasteiger partial charge in [0.1, 0.15) is 0 Å². The molecule has 2 rings (SSSR count). The van der Waals surface area contributed by atoms with E-state index in [9.17, 15) is 0 Å². The van der Waals surface area contributed by atoms with Gasteiger partial charge in [-0.1, -0.05) is 11.6 Å². The lowest BCUT2D eigenvalue weighted by Crippen LogP contribution is -2.23. The Bertz CT molecular complexity index is 337. The van der Waals surface area contributed by atoms with Gasteiger partial charge in [-0.2, -0.15) is 0 Å². The van der Waals surface area contributed by atoms with Gasteiger partial charge in [0.25, 0.3) is 0 Å². The van der Waals surface area contributed by atoms with Crippen LogP contribution in [0.15, 0.2) is 23.1 Å². The van der Waals surface area contributed by atoms with Crippen molar-refractivity contribution in [1.29, 1.82) is 0 Å². The van der Waals surface area contributed by atoms with E-state index in [1.54, 1.807) is 11.8 Å². The molecule has 0 unspecified atom stereocenters. The number of benzene rings is 1.